The molecule has 202 valence electrons. The smallest absolute Gasteiger partial charge is 0.306 e. The summed E-state index contributed by atoms with van der Waals surface area (Å²) in [7, 11) is -1.32. The fourth-order valence-electron chi connectivity index (χ4n) is 5.62. The number of carboxylic acid groups (broad SMARTS) is 1. The number of carboxylic acids is 1. The van der Waals surface area contributed by atoms with E-state index in [0.29, 0.717) is 41.0 Å². The van der Waals surface area contributed by atoms with E-state index in [9.17, 15) is 23.1 Å². The Morgan fingerprint density at radius 3 is 2.53 bits per heavy atom. The van der Waals surface area contributed by atoms with Gasteiger partial charge in [0.1, 0.15) is 5.76 Å². The first kappa shape index (κ1) is 26.4. The summed E-state index contributed by atoms with van der Waals surface area (Å²) in [5, 5.41) is 12.8. The number of pyridine rings is 1. The minimum atomic E-state index is -2.89. The quantitative estimate of drug-likeness (QED) is 0.328. The van der Waals surface area contributed by atoms with Crippen molar-refractivity contribution >= 4 is 33.9 Å². The summed E-state index contributed by atoms with van der Waals surface area (Å²) in [5.41, 5.74) is 4.11. The van der Waals surface area contributed by atoms with Gasteiger partial charge in [-0.2, -0.15) is 4.31 Å². The number of amides is 1. The van der Waals surface area contributed by atoms with Crippen molar-refractivity contribution in [3.05, 3.63) is 52.7 Å². The standard InChI is InChI=1S/C28H33N3O6S/c1-16-6-8-19(9-7-16)25-24(26(32)29-2)22-14-21(18-10-11-18)23(30-27(22)37-25)15-31(38(35)36)13-12-17-4-3-5-20(17)28(33)34/h6-9,14,17-18,20,38H,3-5,10-13,15H2,1-2H3,(H,29,32)(H,33,34). The van der Waals surface area contributed by atoms with E-state index in [1.807, 2.05) is 37.3 Å². The van der Waals surface area contributed by atoms with Gasteiger partial charge < -0.3 is 14.8 Å². The summed E-state index contributed by atoms with van der Waals surface area (Å²) in [6.45, 7) is 2.31. The van der Waals surface area contributed by atoms with Gasteiger partial charge in [-0.3, -0.25) is 9.59 Å². The van der Waals surface area contributed by atoms with E-state index in [4.69, 9.17) is 9.40 Å². The average molecular weight is 540 g/mol. The number of hydrogen-bond acceptors (Lipinski definition) is 6. The number of aromatic nitrogens is 1. The number of thiol groups is 1. The number of carbonyl (C=O) groups excluding carboxylic acids is 1. The number of aryl methyl sites for hydroxylation is 1. The van der Waals surface area contributed by atoms with Crippen LogP contribution in [0.4, 0.5) is 0 Å². The van der Waals surface area contributed by atoms with Crippen molar-refractivity contribution in [2.45, 2.75) is 57.9 Å². The van der Waals surface area contributed by atoms with Crippen LogP contribution in [0.15, 0.2) is 34.7 Å². The molecule has 1 amide bonds. The number of furan rings is 1. The number of fused-ring (bicyclic) bond motifs is 1. The van der Waals surface area contributed by atoms with Crippen molar-refractivity contribution in [3.8, 4) is 11.3 Å². The van der Waals surface area contributed by atoms with Crippen LogP contribution in [0.1, 0.15) is 71.6 Å². The molecule has 0 radical (unpaired) electrons. The Labute approximate surface area is 223 Å². The van der Waals surface area contributed by atoms with Crippen LogP contribution in [0.3, 0.4) is 0 Å². The number of rotatable bonds is 10. The van der Waals surface area contributed by atoms with E-state index in [2.05, 4.69) is 5.32 Å². The Bertz CT molecular complexity index is 1430. The molecule has 2 atom stereocenters. The van der Waals surface area contributed by atoms with Crippen LogP contribution in [0, 0.1) is 18.8 Å². The summed E-state index contributed by atoms with van der Waals surface area (Å²) in [5.74, 6) is -0.828. The molecule has 3 aromatic rings. The molecule has 9 nitrogen and oxygen atoms in total. The van der Waals surface area contributed by atoms with E-state index < -0.39 is 22.8 Å². The first-order valence-corrected chi connectivity index (χ1v) is 14.3. The van der Waals surface area contributed by atoms with Gasteiger partial charge in [0.2, 0.25) is 16.6 Å². The lowest BCUT2D eigenvalue weighted by molar-refractivity contribution is -0.143. The first-order valence-electron chi connectivity index (χ1n) is 13.1. The molecule has 2 N–H and O–H groups in total. The predicted molar refractivity (Wildman–Crippen MR) is 143 cm³/mol. The maximum absolute atomic E-state index is 13.0. The molecule has 2 aliphatic rings. The zero-order valence-electron chi connectivity index (χ0n) is 21.6. The molecule has 0 aliphatic heterocycles. The second-order valence-corrected chi connectivity index (χ2v) is 11.5. The number of benzene rings is 1. The minimum absolute atomic E-state index is 0.0273. The Hall–Kier alpha value is -3.24. The van der Waals surface area contributed by atoms with E-state index in [-0.39, 0.29) is 30.8 Å². The predicted octanol–water partition coefficient (Wildman–Crippen LogP) is 4.26. The Morgan fingerprint density at radius 2 is 1.89 bits per heavy atom. The summed E-state index contributed by atoms with van der Waals surface area (Å²) in [6, 6.07) is 9.65. The van der Waals surface area contributed by atoms with Crippen LogP contribution in [0.25, 0.3) is 22.4 Å². The van der Waals surface area contributed by atoms with Crippen molar-refractivity contribution in [2.75, 3.05) is 13.6 Å². The molecule has 1 aromatic carbocycles. The molecule has 2 aliphatic carbocycles. The molecule has 5 rings (SSSR count). The molecule has 38 heavy (non-hydrogen) atoms. The van der Waals surface area contributed by atoms with E-state index in [1.165, 1.54) is 4.31 Å². The van der Waals surface area contributed by atoms with Gasteiger partial charge in [0.05, 0.1) is 29.1 Å². The molecule has 0 spiro atoms. The number of aliphatic carboxylic acids is 1. The number of carbonyl (C=O) groups is 2. The highest BCUT2D eigenvalue weighted by Crippen LogP contribution is 2.44. The fraction of sp³-hybridized carbons (Fsp3) is 0.464. The highest BCUT2D eigenvalue weighted by atomic mass is 32.2. The summed E-state index contributed by atoms with van der Waals surface area (Å²) in [6.07, 6.45) is 4.75. The minimum Gasteiger partial charge on any atom is -0.481 e. The van der Waals surface area contributed by atoms with E-state index >= 15 is 0 Å². The van der Waals surface area contributed by atoms with E-state index in [1.54, 1.807) is 7.05 Å². The fourth-order valence-corrected chi connectivity index (χ4v) is 6.15. The SMILES string of the molecule is CNC(=O)c1c(-c2ccc(C)cc2)oc2nc(CN(CCC3CCCC3C(=O)O)[SH](=O)=O)c(C3CC3)cc12. The van der Waals surface area contributed by atoms with Crippen LogP contribution in [0.5, 0.6) is 0 Å². The van der Waals surface area contributed by atoms with Crippen molar-refractivity contribution < 1.29 is 27.5 Å². The monoisotopic (exact) mass is 539 g/mol. The molecule has 0 saturated heterocycles. The molecule has 0 bridgehead atoms. The largest absolute Gasteiger partial charge is 0.481 e. The van der Waals surface area contributed by atoms with Crippen LogP contribution < -0.4 is 5.32 Å². The Balaban J connectivity index is 1.50. The second-order valence-electron chi connectivity index (χ2n) is 10.5. The van der Waals surface area contributed by atoms with Crippen molar-refractivity contribution in [3.63, 3.8) is 0 Å². The molecule has 2 saturated carbocycles. The number of nitrogens with zero attached hydrogens (tertiary/aromatic N) is 2. The van der Waals surface area contributed by atoms with Crippen LogP contribution in [-0.4, -0.2) is 48.3 Å². The third-order valence-corrected chi connectivity index (χ3v) is 8.68. The van der Waals surface area contributed by atoms with Crippen LogP contribution >= 0.6 is 0 Å². The molecular formula is C28H33N3O6S. The van der Waals surface area contributed by atoms with Gasteiger partial charge in [0, 0.05) is 19.2 Å². The molecule has 2 fully saturated rings. The molecule has 2 heterocycles. The van der Waals surface area contributed by atoms with Gasteiger partial charge in [-0.05, 0) is 62.5 Å². The lowest BCUT2D eigenvalue weighted by atomic mass is 9.93. The zero-order chi connectivity index (χ0) is 27.0. The number of hydrogen-bond donors (Lipinski definition) is 3. The van der Waals surface area contributed by atoms with Crippen LogP contribution in [-0.2, 0) is 22.2 Å². The van der Waals surface area contributed by atoms with Gasteiger partial charge in [-0.15, -0.1) is 0 Å². The summed E-state index contributed by atoms with van der Waals surface area (Å²) < 4.78 is 32.0. The van der Waals surface area contributed by atoms with Gasteiger partial charge in [0.25, 0.3) is 5.91 Å². The zero-order valence-corrected chi connectivity index (χ0v) is 22.5. The average Bonchev–Trinajstić information content (AvgIpc) is 3.51. The van der Waals surface area contributed by atoms with Gasteiger partial charge >= 0.3 is 5.97 Å². The maximum atomic E-state index is 13.0. The summed E-state index contributed by atoms with van der Waals surface area (Å²) >= 11 is 0. The second kappa shape index (κ2) is 10.9. The highest BCUT2D eigenvalue weighted by molar-refractivity contribution is 7.69. The first-order chi connectivity index (χ1) is 18.3. The van der Waals surface area contributed by atoms with Gasteiger partial charge in [-0.25, -0.2) is 13.4 Å². The lowest BCUT2D eigenvalue weighted by Gasteiger charge is -2.21. The summed E-state index contributed by atoms with van der Waals surface area (Å²) in [4.78, 5) is 29.3. The lowest BCUT2D eigenvalue weighted by Crippen LogP contribution is -2.28. The molecule has 2 aromatic heterocycles. The molecular weight excluding hydrogens is 506 g/mol. The topological polar surface area (TPSA) is 130 Å². The Morgan fingerprint density at radius 1 is 1.16 bits per heavy atom. The maximum Gasteiger partial charge on any atom is 0.306 e. The van der Waals surface area contributed by atoms with Crippen molar-refractivity contribution in [1.82, 2.24) is 14.6 Å². The molecule has 10 heteroatoms. The van der Waals surface area contributed by atoms with E-state index in [0.717, 1.165) is 42.4 Å². The van der Waals surface area contributed by atoms with Crippen molar-refractivity contribution in [1.29, 1.82) is 0 Å². The third kappa shape index (κ3) is 5.33. The third-order valence-electron chi connectivity index (χ3n) is 7.88. The Kier molecular flexibility index (Phi) is 7.54. The van der Waals surface area contributed by atoms with Crippen LogP contribution in [0.2, 0.25) is 0 Å². The van der Waals surface area contributed by atoms with Gasteiger partial charge in [-0.1, -0.05) is 36.2 Å². The highest BCUT2D eigenvalue weighted by Gasteiger charge is 2.34. The molecule has 2 unspecified atom stereocenters. The normalized spacial score (nSPS) is 19.5. The number of nitrogens with one attached hydrogen (secondary N) is 1. The van der Waals surface area contributed by atoms with Gasteiger partial charge in [0.15, 0.2) is 0 Å². The van der Waals surface area contributed by atoms with Crippen molar-refractivity contribution in [2.24, 2.45) is 11.8 Å².